The maximum atomic E-state index is 5.88. The van der Waals surface area contributed by atoms with Gasteiger partial charge in [0.1, 0.15) is 0 Å². The number of ether oxygens (including phenoxy) is 1. The van der Waals surface area contributed by atoms with Gasteiger partial charge in [-0.15, -0.1) is 0 Å². The predicted molar refractivity (Wildman–Crippen MR) is 58.5 cm³/mol. The molecule has 1 aromatic carbocycles. The van der Waals surface area contributed by atoms with Crippen LogP contribution in [0.15, 0.2) is 24.3 Å². The van der Waals surface area contributed by atoms with E-state index < -0.39 is 0 Å². The highest BCUT2D eigenvalue weighted by Crippen LogP contribution is 2.32. The minimum Gasteiger partial charge on any atom is -0.385 e. The van der Waals surface area contributed by atoms with Crippen LogP contribution >= 0.6 is 0 Å². The smallest absolute Gasteiger partial charge is 0.0865 e. The van der Waals surface area contributed by atoms with E-state index in [0.717, 1.165) is 13.0 Å². The summed E-state index contributed by atoms with van der Waals surface area (Å²) in [5, 5.41) is 3.39. The lowest BCUT2D eigenvalue weighted by atomic mass is 10.0. The summed E-state index contributed by atoms with van der Waals surface area (Å²) in [6.45, 7) is 5.18. The van der Waals surface area contributed by atoms with Gasteiger partial charge in [0.05, 0.1) is 12.2 Å². The van der Waals surface area contributed by atoms with E-state index in [4.69, 9.17) is 4.74 Å². The average Bonchev–Trinajstić information content (AvgIpc) is 2.18. The number of fused-ring (bicyclic) bond motifs is 1. The molecule has 0 aromatic heterocycles. The molecule has 1 atom stereocenters. The van der Waals surface area contributed by atoms with Crippen LogP contribution in [0.2, 0.25) is 0 Å². The van der Waals surface area contributed by atoms with Crippen LogP contribution in [0.5, 0.6) is 0 Å². The van der Waals surface area contributed by atoms with Gasteiger partial charge < -0.3 is 10.1 Å². The second-order valence-corrected chi connectivity index (χ2v) is 3.98. The highest BCUT2D eigenvalue weighted by Gasteiger charge is 2.20. The van der Waals surface area contributed by atoms with Gasteiger partial charge in [-0.05, 0) is 26.3 Å². The van der Waals surface area contributed by atoms with E-state index >= 15 is 0 Å². The van der Waals surface area contributed by atoms with Gasteiger partial charge in [-0.3, -0.25) is 0 Å². The molecule has 1 aliphatic rings. The van der Waals surface area contributed by atoms with E-state index in [2.05, 4.69) is 43.4 Å². The van der Waals surface area contributed by atoms with Crippen molar-refractivity contribution < 1.29 is 4.74 Å². The Morgan fingerprint density at radius 2 is 2.14 bits per heavy atom. The largest absolute Gasteiger partial charge is 0.385 e. The number of hydrogen-bond donors (Lipinski definition) is 1. The first-order valence-electron chi connectivity index (χ1n) is 5.25. The van der Waals surface area contributed by atoms with Crippen molar-refractivity contribution >= 4 is 5.69 Å². The van der Waals surface area contributed by atoms with E-state index in [1.165, 1.54) is 11.3 Å². The predicted octanol–water partition coefficient (Wildman–Crippen LogP) is 2.97. The third-order valence-corrected chi connectivity index (χ3v) is 2.47. The first-order valence-corrected chi connectivity index (χ1v) is 5.25. The van der Waals surface area contributed by atoms with E-state index in [-0.39, 0.29) is 6.10 Å². The number of hydrogen-bond acceptors (Lipinski definition) is 2. The van der Waals surface area contributed by atoms with Gasteiger partial charge in [-0.1, -0.05) is 18.2 Å². The molecule has 1 aliphatic heterocycles. The zero-order chi connectivity index (χ0) is 9.97. The SMILES string of the molecule is CC(C)OC1CCNc2ccccc21. The monoisotopic (exact) mass is 191 g/mol. The highest BCUT2D eigenvalue weighted by molar-refractivity contribution is 5.53. The molecule has 0 amide bonds. The van der Waals surface area contributed by atoms with Crippen molar-refractivity contribution in [1.82, 2.24) is 0 Å². The number of nitrogens with one attached hydrogen (secondary N) is 1. The standard InChI is InChI=1S/C12H17NO/c1-9(2)14-12-7-8-13-11-6-4-3-5-10(11)12/h3-6,9,12-13H,7-8H2,1-2H3. The second-order valence-electron chi connectivity index (χ2n) is 3.98. The first kappa shape index (κ1) is 9.53. The molecule has 1 aromatic rings. The Morgan fingerprint density at radius 1 is 1.36 bits per heavy atom. The molecule has 1 heterocycles. The number of para-hydroxylation sites is 1. The fourth-order valence-corrected chi connectivity index (χ4v) is 1.90. The molecule has 0 saturated heterocycles. The lowest BCUT2D eigenvalue weighted by molar-refractivity contribution is 0.00232. The third kappa shape index (κ3) is 1.90. The molecule has 2 rings (SSSR count). The van der Waals surface area contributed by atoms with Crippen molar-refractivity contribution in [3.8, 4) is 0 Å². The van der Waals surface area contributed by atoms with E-state index in [1.54, 1.807) is 0 Å². The summed E-state index contributed by atoms with van der Waals surface area (Å²) >= 11 is 0. The number of benzene rings is 1. The molecule has 1 N–H and O–H groups in total. The minimum atomic E-state index is 0.271. The summed E-state index contributed by atoms with van der Waals surface area (Å²) in [5.74, 6) is 0. The van der Waals surface area contributed by atoms with Gasteiger partial charge in [0.25, 0.3) is 0 Å². The van der Waals surface area contributed by atoms with Crippen LogP contribution in [-0.2, 0) is 4.74 Å². The van der Waals surface area contributed by atoms with E-state index in [9.17, 15) is 0 Å². The van der Waals surface area contributed by atoms with Crippen LogP contribution in [0.4, 0.5) is 5.69 Å². The van der Waals surface area contributed by atoms with Gasteiger partial charge >= 0.3 is 0 Å². The minimum absolute atomic E-state index is 0.271. The van der Waals surface area contributed by atoms with Crippen molar-refractivity contribution in [1.29, 1.82) is 0 Å². The van der Waals surface area contributed by atoms with E-state index in [0.29, 0.717) is 6.10 Å². The molecule has 0 radical (unpaired) electrons. The van der Waals surface area contributed by atoms with Gasteiger partial charge in [-0.25, -0.2) is 0 Å². The van der Waals surface area contributed by atoms with Crippen LogP contribution in [0.25, 0.3) is 0 Å². The maximum Gasteiger partial charge on any atom is 0.0865 e. The Balaban J connectivity index is 2.22. The Hall–Kier alpha value is -1.02. The first-order chi connectivity index (χ1) is 6.77. The van der Waals surface area contributed by atoms with Gasteiger partial charge in [0, 0.05) is 17.8 Å². The fourth-order valence-electron chi connectivity index (χ4n) is 1.90. The molecule has 0 bridgehead atoms. The molecular formula is C12H17NO. The van der Waals surface area contributed by atoms with Gasteiger partial charge in [-0.2, -0.15) is 0 Å². The summed E-state index contributed by atoms with van der Waals surface area (Å²) in [5.41, 5.74) is 2.52. The summed E-state index contributed by atoms with van der Waals surface area (Å²) < 4.78 is 5.88. The van der Waals surface area contributed by atoms with E-state index in [1.807, 2.05) is 0 Å². The molecule has 0 saturated carbocycles. The van der Waals surface area contributed by atoms with Crippen molar-refractivity contribution in [2.24, 2.45) is 0 Å². The Labute approximate surface area is 85.3 Å². The van der Waals surface area contributed by atoms with Crippen LogP contribution in [0.3, 0.4) is 0 Å². The van der Waals surface area contributed by atoms with Crippen molar-refractivity contribution in [3.63, 3.8) is 0 Å². The van der Waals surface area contributed by atoms with Gasteiger partial charge in [0.2, 0.25) is 0 Å². The molecular weight excluding hydrogens is 174 g/mol. The molecule has 14 heavy (non-hydrogen) atoms. The zero-order valence-electron chi connectivity index (χ0n) is 8.79. The Kier molecular flexibility index (Phi) is 2.73. The summed E-state index contributed by atoms with van der Waals surface area (Å²) in [6.07, 6.45) is 1.63. The van der Waals surface area contributed by atoms with Crippen molar-refractivity contribution in [3.05, 3.63) is 29.8 Å². The molecule has 2 heteroatoms. The summed E-state index contributed by atoms with van der Waals surface area (Å²) in [4.78, 5) is 0. The Bertz CT molecular complexity index is 309. The molecule has 76 valence electrons. The topological polar surface area (TPSA) is 21.3 Å². The maximum absolute atomic E-state index is 5.88. The number of anilines is 1. The van der Waals surface area contributed by atoms with Crippen molar-refractivity contribution in [2.45, 2.75) is 32.5 Å². The van der Waals surface area contributed by atoms with Crippen molar-refractivity contribution in [2.75, 3.05) is 11.9 Å². The lowest BCUT2D eigenvalue weighted by Crippen LogP contribution is -2.20. The number of rotatable bonds is 2. The molecule has 2 nitrogen and oxygen atoms in total. The summed E-state index contributed by atoms with van der Waals surface area (Å²) in [6, 6.07) is 8.39. The quantitative estimate of drug-likeness (QED) is 0.776. The fraction of sp³-hybridized carbons (Fsp3) is 0.500. The van der Waals surface area contributed by atoms with Crippen LogP contribution in [0.1, 0.15) is 31.9 Å². The normalized spacial score (nSPS) is 20.4. The molecule has 1 unspecified atom stereocenters. The van der Waals surface area contributed by atoms with Crippen LogP contribution < -0.4 is 5.32 Å². The third-order valence-electron chi connectivity index (χ3n) is 2.47. The second kappa shape index (κ2) is 4.01. The average molecular weight is 191 g/mol. The molecule has 0 aliphatic carbocycles. The van der Waals surface area contributed by atoms with Crippen LogP contribution in [0, 0.1) is 0 Å². The Morgan fingerprint density at radius 3 is 2.93 bits per heavy atom. The zero-order valence-corrected chi connectivity index (χ0v) is 8.79. The molecule has 0 spiro atoms. The van der Waals surface area contributed by atoms with Crippen LogP contribution in [-0.4, -0.2) is 12.6 Å². The highest BCUT2D eigenvalue weighted by atomic mass is 16.5. The molecule has 0 fully saturated rings. The van der Waals surface area contributed by atoms with Gasteiger partial charge in [0.15, 0.2) is 0 Å². The summed E-state index contributed by atoms with van der Waals surface area (Å²) in [7, 11) is 0. The lowest BCUT2D eigenvalue weighted by Gasteiger charge is -2.28.